The zero-order valence-electron chi connectivity index (χ0n) is 20.2. The van der Waals surface area contributed by atoms with E-state index < -0.39 is 0 Å². The van der Waals surface area contributed by atoms with Crippen LogP contribution >= 0.6 is 0 Å². The number of methoxy groups -OCH3 is 1. The van der Waals surface area contributed by atoms with Crippen LogP contribution in [0.25, 0.3) is 16.7 Å². The van der Waals surface area contributed by atoms with Crippen LogP contribution in [0, 0.1) is 13.8 Å². The van der Waals surface area contributed by atoms with Crippen LogP contribution < -0.4 is 10.1 Å². The molecular weight excluding hydrogens is 410 g/mol. The molecular formula is C29H31NO3. The first-order chi connectivity index (χ1) is 15.7. The normalized spacial score (nSPS) is 14.1. The Labute approximate surface area is 196 Å². The molecule has 0 unspecified atom stereocenters. The minimum Gasteiger partial charge on any atom is -0.496 e. The maximum absolute atomic E-state index is 12.8. The highest BCUT2D eigenvalue weighted by atomic mass is 16.5. The third kappa shape index (κ3) is 4.65. The second-order valence-corrected chi connectivity index (χ2v) is 9.33. The number of allylic oxidation sites excluding steroid dienone is 1. The van der Waals surface area contributed by atoms with Gasteiger partial charge in [-0.15, -0.1) is 0 Å². The molecule has 0 saturated heterocycles. The van der Waals surface area contributed by atoms with Crippen LogP contribution in [0.5, 0.6) is 5.75 Å². The van der Waals surface area contributed by atoms with Gasteiger partial charge in [0.1, 0.15) is 12.4 Å². The van der Waals surface area contributed by atoms with Crippen molar-refractivity contribution in [1.29, 1.82) is 0 Å². The molecule has 4 rings (SSSR count). The Morgan fingerprint density at radius 1 is 0.909 bits per heavy atom. The van der Waals surface area contributed by atoms with Crippen molar-refractivity contribution >= 4 is 17.2 Å². The highest BCUT2D eigenvalue weighted by molar-refractivity contribution is 5.91. The van der Waals surface area contributed by atoms with E-state index in [4.69, 9.17) is 9.47 Å². The molecule has 4 nitrogen and oxygen atoms in total. The number of nitrogens with one attached hydrogen (secondary N) is 1. The fourth-order valence-corrected chi connectivity index (χ4v) is 4.53. The number of rotatable bonds is 5. The monoisotopic (exact) mass is 441 g/mol. The van der Waals surface area contributed by atoms with Crippen LogP contribution in [0.4, 0.5) is 5.69 Å². The largest absolute Gasteiger partial charge is 0.496 e. The second-order valence-electron chi connectivity index (χ2n) is 9.33. The Morgan fingerprint density at radius 2 is 1.58 bits per heavy atom. The Kier molecular flexibility index (Phi) is 6.03. The van der Waals surface area contributed by atoms with Gasteiger partial charge in [-0.3, -0.25) is 0 Å². The van der Waals surface area contributed by atoms with Crippen molar-refractivity contribution < 1.29 is 14.3 Å². The average molecular weight is 442 g/mol. The smallest absolute Gasteiger partial charge is 0.338 e. The number of ether oxygens (including phenoxy) is 2. The summed E-state index contributed by atoms with van der Waals surface area (Å²) in [5.41, 5.74) is 8.83. The van der Waals surface area contributed by atoms with E-state index in [0.29, 0.717) is 5.56 Å². The number of carbonyl (C=O) groups is 1. The fraction of sp³-hybridized carbons (Fsp3) is 0.276. The second kappa shape index (κ2) is 8.78. The molecule has 0 saturated carbocycles. The molecule has 1 aliphatic rings. The maximum Gasteiger partial charge on any atom is 0.338 e. The summed E-state index contributed by atoms with van der Waals surface area (Å²) in [6.07, 6.45) is 2.22. The van der Waals surface area contributed by atoms with Gasteiger partial charge in [0.25, 0.3) is 0 Å². The number of benzene rings is 3. The first-order valence-corrected chi connectivity index (χ1v) is 11.2. The van der Waals surface area contributed by atoms with E-state index in [1.54, 1.807) is 19.2 Å². The summed E-state index contributed by atoms with van der Waals surface area (Å²) in [5, 5.41) is 3.60. The van der Waals surface area contributed by atoms with E-state index in [9.17, 15) is 4.79 Å². The van der Waals surface area contributed by atoms with Crippen LogP contribution in [0.1, 0.15) is 53.4 Å². The minimum absolute atomic E-state index is 0.157. The summed E-state index contributed by atoms with van der Waals surface area (Å²) in [6.45, 7) is 10.6. The van der Waals surface area contributed by atoms with Gasteiger partial charge in [-0.05, 0) is 75.6 Å². The van der Waals surface area contributed by atoms with Gasteiger partial charge in [-0.1, -0.05) is 42.0 Å². The molecule has 0 bridgehead atoms. The summed E-state index contributed by atoms with van der Waals surface area (Å²) in [6, 6.07) is 17.8. The lowest BCUT2D eigenvalue weighted by molar-refractivity contribution is 0.0473. The van der Waals surface area contributed by atoms with Crippen LogP contribution in [-0.4, -0.2) is 18.6 Å². The topological polar surface area (TPSA) is 47.6 Å². The SMILES string of the molecule is COc1cc(C)ccc1-c1ccc2c(c1COC(=O)c1ccc(C)cc1)C(C)=CC(C)(C)N2. The molecule has 0 fully saturated rings. The predicted octanol–water partition coefficient (Wildman–Crippen LogP) is 6.94. The molecule has 0 atom stereocenters. The third-order valence-corrected chi connectivity index (χ3v) is 6.02. The van der Waals surface area contributed by atoms with Gasteiger partial charge in [0.05, 0.1) is 18.2 Å². The number of fused-ring (bicyclic) bond motifs is 1. The van der Waals surface area contributed by atoms with Crippen molar-refractivity contribution in [2.75, 3.05) is 12.4 Å². The number of aryl methyl sites for hydroxylation is 2. The Balaban J connectivity index is 1.81. The molecule has 1 aliphatic heterocycles. The number of esters is 1. The standard InChI is InChI=1S/C29H31NO3/c1-18-7-10-21(11-8-18)28(31)33-17-24-22(23-12-9-19(2)15-26(23)32-6)13-14-25-27(24)20(3)16-29(4,5)30-25/h7-16,30H,17H2,1-6H3. The quantitative estimate of drug-likeness (QED) is 0.436. The van der Waals surface area contributed by atoms with Crippen molar-refractivity contribution in [3.05, 3.63) is 88.5 Å². The van der Waals surface area contributed by atoms with Crippen molar-refractivity contribution in [3.63, 3.8) is 0 Å². The van der Waals surface area contributed by atoms with Gasteiger partial charge in [0.2, 0.25) is 0 Å². The van der Waals surface area contributed by atoms with E-state index in [-0.39, 0.29) is 18.1 Å². The maximum atomic E-state index is 12.8. The highest BCUT2D eigenvalue weighted by Crippen LogP contribution is 2.42. The van der Waals surface area contributed by atoms with E-state index in [2.05, 4.69) is 56.4 Å². The van der Waals surface area contributed by atoms with Gasteiger partial charge in [0.15, 0.2) is 0 Å². The first kappa shape index (κ1) is 22.7. The number of hydrogen-bond acceptors (Lipinski definition) is 4. The molecule has 33 heavy (non-hydrogen) atoms. The highest BCUT2D eigenvalue weighted by Gasteiger charge is 2.27. The van der Waals surface area contributed by atoms with E-state index in [1.165, 1.54) is 0 Å². The van der Waals surface area contributed by atoms with Crippen molar-refractivity contribution in [3.8, 4) is 16.9 Å². The fourth-order valence-electron chi connectivity index (χ4n) is 4.53. The molecule has 1 N–H and O–H groups in total. The average Bonchev–Trinajstić information content (AvgIpc) is 2.76. The lowest BCUT2D eigenvalue weighted by Crippen LogP contribution is -2.32. The lowest BCUT2D eigenvalue weighted by atomic mass is 9.85. The van der Waals surface area contributed by atoms with Crippen molar-refractivity contribution in [1.82, 2.24) is 0 Å². The third-order valence-electron chi connectivity index (χ3n) is 6.02. The summed E-state index contributed by atoms with van der Waals surface area (Å²) in [7, 11) is 1.68. The van der Waals surface area contributed by atoms with Crippen LogP contribution in [0.3, 0.4) is 0 Å². The van der Waals surface area contributed by atoms with Crippen LogP contribution in [0.15, 0.2) is 60.7 Å². The predicted molar refractivity (Wildman–Crippen MR) is 135 cm³/mol. The van der Waals surface area contributed by atoms with E-state index in [0.717, 1.165) is 50.4 Å². The van der Waals surface area contributed by atoms with Gasteiger partial charge in [-0.2, -0.15) is 0 Å². The van der Waals surface area contributed by atoms with Crippen LogP contribution in [0.2, 0.25) is 0 Å². The van der Waals surface area contributed by atoms with Gasteiger partial charge < -0.3 is 14.8 Å². The van der Waals surface area contributed by atoms with Gasteiger partial charge in [0, 0.05) is 22.4 Å². The van der Waals surface area contributed by atoms with Crippen molar-refractivity contribution in [2.24, 2.45) is 0 Å². The van der Waals surface area contributed by atoms with Crippen molar-refractivity contribution in [2.45, 2.75) is 46.8 Å². The number of hydrogen-bond donors (Lipinski definition) is 1. The van der Waals surface area contributed by atoms with Gasteiger partial charge in [-0.25, -0.2) is 4.79 Å². The minimum atomic E-state index is -0.333. The molecule has 4 heteroatoms. The molecule has 3 aromatic rings. The Hall–Kier alpha value is -3.53. The van der Waals surface area contributed by atoms with E-state index in [1.807, 2.05) is 32.0 Å². The summed E-state index contributed by atoms with van der Waals surface area (Å²) in [4.78, 5) is 12.8. The molecule has 0 spiro atoms. The molecule has 170 valence electrons. The Bertz CT molecular complexity index is 1240. The summed E-state index contributed by atoms with van der Waals surface area (Å²) < 4.78 is 11.6. The summed E-state index contributed by atoms with van der Waals surface area (Å²) in [5.74, 6) is 0.465. The van der Waals surface area contributed by atoms with Gasteiger partial charge >= 0.3 is 5.97 Å². The lowest BCUT2D eigenvalue weighted by Gasteiger charge is -2.33. The first-order valence-electron chi connectivity index (χ1n) is 11.2. The van der Waals surface area contributed by atoms with E-state index >= 15 is 0 Å². The number of carbonyl (C=O) groups excluding carboxylic acids is 1. The molecule has 0 aromatic heterocycles. The zero-order chi connectivity index (χ0) is 23.8. The zero-order valence-corrected chi connectivity index (χ0v) is 20.2. The Morgan fingerprint density at radius 3 is 2.27 bits per heavy atom. The number of anilines is 1. The van der Waals surface area contributed by atoms with Crippen LogP contribution in [-0.2, 0) is 11.3 Å². The molecule has 3 aromatic carbocycles. The molecule has 1 heterocycles. The summed E-state index contributed by atoms with van der Waals surface area (Å²) >= 11 is 0. The molecule has 0 amide bonds. The molecule has 0 aliphatic carbocycles. The molecule has 0 radical (unpaired) electrons.